The van der Waals surface area contributed by atoms with Gasteiger partial charge in [-0.25, -0.2) is 5.43 Å². The van der Waals surface area contributed by atoms with Crippen LogP contribution in [-0.2, 0) is 11.4 Å². The van der Waals surface area contributed by atoms with Crippen molar-refractivity contribution in [2.75, 3.05) is 13.2 Å². The largest absolute Gasteiger partial charge is 0.490 e. The predicted molar refractivity (Wildman–Crippen MR) is 116 cm³/mol. The molecule has 7 nitrogen and oxygen atoms in total. The van der Waals surface area contributed by atoms with Crippen LogP contribution >= 0.6 is 27.5 Å². The highest BCUT2D eigenvalue weighted by atomic mass is 79.9. The zero-order valence-electron chi connectivity index (χ0n) is 15.8. The number of benzene rings is 2. The first-order valence-corrected chi connectivity index (χ1v) is 10.4. The molecule has 0 bridgehead atoms. The number of hydrogen-bond acceptors (Lipinski definition) is 6. The summed E-state index contributed by atoms with van der Waals surface area (Å²) in [5.74, 6) is 1.02. The summed E-state index contributed by atoms with van der Waals surface area (Å²) in [6, 6.07) is 13.2. The maximum absolute atomic E-state index is 11.5. The minimum atomic E-state index is -0.693. The van der Waals surface area contributed by atoms with Gasteiger partial charge in [0.05, 0.1) is 18.9 Å². The molecular weight excluding hydrogens is 460 g/mol. The van der Waals surface area contributed by atoms with Gasteiger partial charge in [-0.15, -0.1) is 11.6 Å². The molecule has 2 unspecified atom stereocenters. The molecule has 3 N–H and O–H groups in total. The van der Waals surface area contributed by atoms with Gasteiger partial charge in [-0.2, -0.15) is 5.10 Å². The number of hydrazone groups is 1. The Morgan fingerprint density at radius 1 is 1.24 bits per heavy atom. The molecule has 3 rings (SSSR count). The van der Waals surface area contributed by atoms with Crippen LogP contribution in [0.15, 0.2) is 52.0 Å². The quantitative estimate of drug-likeness (QED) is 0.307. The number of ether oxygens (including phenoxy) is 2. The molecule has 29 heavy (non-hydrogen) atoms. The minimum Gasteiger partial charge on any atom is -0.490 e. The van der Waals surface area contributed by atoms with Crippen LogP contribution in [-0.4, -0.2) is 36.7 Å². The van der Waals surface area contributed by atoms with Gasteiger partial charge in [0, 0.05) is 11.0 Å². The number of nitrogens with one attached hydrogen (secondary N) is 3. The number of hydrogen-bond donors (Lipinski definition) is 3. The molecule has 1 fully saturated rings. The van der Waals surface area contributed by atoms with Gasteiger partial charge >= 0.3 is 0 Å². The average molecular weight is 482 g/mol. The van der Waals surface area contributed by atoms with Gasteiger partial charge in [0.15, 0.2) is 11.5 Å². The molecule has 0 spiro atoms. The molecule has 1 heterocycles. The van der Waals surface area contributed by atoms with Crippen LogP contribution in [0.2, 0.25) is 0 Å². The second-order valence-electron chi connectivity index (χ2n) is 6.32. The lowest BCUT2D eigenvalue weighted by Gasteiger charge is -2.26. The molecule has 1 amide bonds. The smallest absolute Gasteiger partial charge is 0.254 e. The van der Waals surface area contributed by atoms with Gasteiger partial charge in [0.1, 0.15) is 12.0 Å². The average Bonchev–Trinajstić information content (AvgIpc) is 2.72. The van der Waals surface area contributed by atoms with Crippen LogP contribution in [0.4, 0.5) is 0 Å². The highest BCUT2D eigenvalue weighted by Gasteiger charge is 2.29. The van der Waals surface area contributed by atoms with E-state index in [9.17, 15) is 4.79 Å². The Labute approximate surface area is 182 Å². The summed E-state index contributed by atoms with van der Waals surface area (Å²) in [5.41, 5.74) is 10.0. The standard InChI is InChI=1S/C20H22BrClN4O3/c1-2-28-18-9-14(10-23-25-16-11-24-26-20(27)19(16)22)5-8-17(18)29-12-13-3-6-15(21)7-4-13/h3-10,16,19,24-25H,2,11-12H2,1H3,(H,26,27)/b23-10+. The Morgan fingerprint density at radius 3 is 2.79 bits per heavy atom. The fourth-order valence-electron chi connectivity index (χ4n) is 2.66. The van der Waals surface area contributed by atoms with Gasteiger partial charge in [-0.1, -0.05) is 28.1 Å². The number of nitrogens with zero attached hydrogens (tertiary/aromatic N) is 1. The topological polar surface area (TPSA) is 84.0 Å². The van der Waals surface area contributed by atoms with E-state index in [0.29, 0.717) is 31.3 Å². The molecular formula is C20H22BrClN4O3. The van der Waals surface area contributed by atoms with E-state index in [1.54, 1.807) is 6.21 Å². The Kier molecular flexibility index (Phi) is 7.74. The van der Waals surface area contributed by atoms with Crippen molar-refractivity contribution in [3.8, 4) is 11.5 Å². The molecule has 2 aromatic carbocycles. The number of carbonyl (C=O) groups is 1. The summed E-state index contributed by atoms with van der Waals surface area (Å²) in [6.45, 7) is 3.35. The van der Waals surface area contributed by atoms with Crippen molar-refractivity contribution in [1.29, 1.82) is 0 Å². The molecule has 1 saturated heterocycles. The van der Waals surface area contributed by atoms with E-state index in [1.165, 1.54) is 0 Å². The first-order chi connectivity index (χ1) is 14.1. The summed E-state index contributed by atoms with van der Waals surface area (Å²) in [5, 5.41) is 3.51. The molecule has 0 saturated carbocycles. The summed E-state index contributed by atoms with van der Waals surface area (Å²) in [7, 11) is 0. The first kappa shape index (κ1) is 21.4. The van der Waals surface area contributed by atoms with Crippen LogP contribution in [0.5, 0.6) is 11.5 Å². The second kappa shape index (κ2) is 10.5. The van der Waals surface area contributed by atoms with E-state index < -0.39 is 5.38 Å². The fraction of sp³-hybridized carbons (Fsp3) is 0.300. The maximum atomic E-state index is 11.5. The number of alkyl halides is 1. The normalized spacial score (nSPS) is 19.1. The van der Waals surface area contributed by atoms with E-state index in [2.05, 4.69) is 37.3 Å². The van der Waals surface area contributed by atoms with Gasteiger partial charge in [0.2, 0.25) is 0 Å². The van der Waals surface area contributed by atoms with Crippen LogP contribution in [0.3, 0.4) is 0 Å². The molecule has 0 aliphatic carbocycles. The van der Waals surface area contributed by atoms with Gasteiger partial charge in [-0.3, -0.25) is 10.2 Å². The predicted octanol–water partition coefficient (Wildman–Crippen LogP) is 2.96. The number of rotatable bonds is 8. The van der Waals surface area contributed by atoms with Gasteiger partial charge in [0.25, 0.3) is 5.91 Å². The van der Waals surface area contributed by atoms with E-state index >= 15 is 0 Å². The highest BCUT2D eigenvalue weighted by molar-refractivity contribution is 9.10. The lowest BCUT2D eigenvalue weighted by Crippen LogP contribution is -2.59. The second-order valence-corrected chi connectivity index (χ2v) is 7.71. The van der Waals surface area contributed by atoms with Crippen molar-refractivity contribution in [1.82, 2.24) is 16.3 Å². The lowest BCUT2D eigenvalue weighted by atomic mass is 10.2. The molecule has 2 atom stereocenters. The summed E-state index contributed by atoms with van der Waals surface area (Å²) >= 11 is 9.49. The van der Waals surface area contributed by atoms with Crippen molar-refractivity contribution in [3.05, 3.63) is 58.1 Å². The van der Waals surface area contributed by atoms with Gasteiger partial charge < -0.3 is 14.9 Å². The number of amides is 1. The minimum absolute atomic E-state index is 0.281. The Hall–Kier alpha value is -2.29. The van der Waals surface area contributed by atoms with Crippen LogP contribution < -0.4 is 25.8 Å². The maximum Gasteiger partial charge on any atom is 0.254 e. The SMILES string of the molecule is CCOc1cc(/C=N/NC2CNNC(=O)C2Cl)ccc1OCc1ccc(Br)cc1. The number of hydrazine groups is 1. The van der Waals surface area contributed by atoms with Gasteiger partial charge in [-0.05, 0) is 48.4 Å². The van der Waals surface area contributed by atoms with Crippen molar-refractivity contribution >= 4 is 39.7 Å². The van der Waals surface area contributed by atoms with Crippen molar-refractivity contribution in [2.24, 2.45) is 5.10 Å². The molecule has 1 aliphatic rings. The third kappa shape index (κ3) is 6.09. The fourth-order valence-corrected chi connectivity index (χ4v) is 3.12. The van der Waals surface area contributed by atoms with Crippen molar-refractivity contribution < 1.29 is 14.3 Å². The Bertz CT molecular complexity index is 863. The lowest BCUT2D eigenvalue weighted by molar-refractivity contribution is -0.123. The molecule has 0 radical (unpaired) electrons. The van der Waals surface area contributed by atoms with E-state index in [1.807, 2.05) is 49.4 Å². The van der Waals surface area contributed by atoms with E-state index in [0.717, 1.165) is 15.6 Å². The molecule has 2 aromatic rings. The highest BCUT2D eigenvalue weighted by Crippen LogP contribution is 2.29. The zero-order valence-corrected chi connectivity index (χ0v) is 18.2. The Morgan fingerprint density at radius 2 is 2.03 bits per heavy atom. The first-order valence-electron chi connectivity index (χ1n) is 9.16. The Balaban J connectivity index is 1.63. The van der Waals surface area contributed by atoms with Crippen molar-refractivity contribution in [2.45, 2.75) is 24.9 Å². The summed E-state index contributed by atoms with van der Waals surface area (Å²) < 4.78 is 12.7. The van der Waals surface area contributed by atoms with Crippen LogP contribution in [0, 0.1) is 0 Å². The monoisotopic (exact) mass is 480 g/mol. The molecule has 9 heteroatoms. The third-order valence-corrected chi connectivity index (χ3v) is 5.20. The van der Waals surface area contributed by atoms with Crippen molar-refractivity contribution in [3.63, 3.8) is 0 Å². The van der Waals surface area contributed by atoms with E-state index in [-0.39, 0.29) is 11.9 Å². The number of halogens is 2. The third-order valence-electron chi connectivity index (χ3n) is 4.17. The number of carbonyl (C=O) groups excluding carboxylic acids is 1. The van der Waals surface area contributed by atoms with Crippen LogP contribution in [0.1, 0.15) is 18.1 Å². The summed E-state index contributed by atoms with van der Waals surface area (Å²) in [4.78, 5) is 11.5. The molecule has 0 aromatic heterocycles. The summed E-state index contributed by atoms with van der Waals surface area (Å²) in [6.07, 6.45) is 1.65. The molecule has 154 valence electrons. The van der Waals surface area contributed by atoms with Crippen LogP contribution in [0.25, 0.3) is 0 Å². The van der Waals surface area contributed by atoms with E-state index in [4.69, 9.17) is 21.1 Å². The molecule has 1 aliphatic heterocycles. The zero-order chi connectivity index (χ0) is 20.6.